The molecule has 0 saturated carbocycles. The third-order valence-electron chi connectivity index (χ3n) is 6.82. The number of anilines is 1. The van der Waals surface area contributed by atoms with Crippen LogP contribution in [0.2, 0.25) is 0 Å². The maximum absolute atomic E-state index is 13.2. The van der Waals surface area contributed by atoms with Crippen LogP contribution in [0, 0.1) is 0 Å². The highest BCUT2D eigenvalue weighted by Gasteiger charge is 2.27. The maximum Gasteiger partial charge on any atom is 0.243 e. The number of imidazole rings is 1. The van der Waals surface area contributed by atoms with Crippen molar-refractivity contribution in [3.05, 3.63) is 47.8 Å². The van der Waals surface area contributed by atoms with Gasteiger partial charge in [0.05, 0.1) is 39.4 Å². The van der Waals surface area contributed by atoms with Crippen LogP contribution >= 0.6 is 11.3 Å². The molecule has 1 aliphatic rings. The Labute approximate surface area is 226 Å². The van der Waals surface area contributed by atoms with E-state index in [1.807, 2.05) is 12.1 Å². The number of unbranched alkanes of at least 4 members (excludes halogenated alkanes) is 1. The van der Waals surface area contributed by atoms with Gasteiger partial charge in [0.2, 0.25) is 15.9 Å². The number of amides is 1. The molecule has 3 heterocycles. The minimum Gasteiger partial charge on any atom is -0.379 e. The van der Waals surface area contributed by atoms with E-state index in [0.717, 1.165) is 47.4 Å². The molecule has 1 N–H and O–H groups in total. The zero-order valence-electron chi connectivity index (χ0n) is 21.8. The van der Waals surface area contributed by atoms with Crippen molar-refractivity contribution in [3.63, 3.8) is 0 Å². The van der Waals surface area contributed by atoms with E-state index in [1.165, 1.54) is 21.2 Å². The highest BCUT2D eigenvalue weighted by molar-refractivity contribution is 7.89. The number of aromatic nitrogens is 3. The lowest BCUT2D eigenvalue weighted by Crippen LogP contribution is -2.40. The molecule has 0 bridgehead atoms. The summed E-state index contributed by atoms with van der Waals surface area (Å²) in [6, 6.07) is 11.3. The summed E-state index contributed by atoms with van der Waals surface area (Å²) in [7, 11) is -3.62. The normalized spacial score (nSPS) is 14.9. The number of rotatable bonds is 10. The molecular weight excluding hydrogens is 522 g/mol. The van der Waals surface area contributed by atoms with E-state index >= 15 is 0 Å². The van der Waals surface area contributed by atoms with Gasteiger partial charge in [-0.25, -0.2) is 18.4 Å². The summed E-state index contributed by atoms with van der Waals surface area (Å²) in [4.78, 5) is 22.4. The number of nitrogens with one attached hydrogen (secondary N) is 1. The van der Waals surface area contributed by atoms with Gasteiger partial charge in [-0.05, 0) is 48.7 Å². The van der Waals surface area contributed by atoms with Crippen LogP contribution in [0.3, 0.4) is 0 Å². The molecule has 5 rings (SSSR count). The van der Waals surface area contributed by atoms with Gasteiger partial charge in [0.15, 0.2) is 5.13 Å². The fraction of sp³-hybridized carbons (Fsp3) is 0.444. The van der Waals surface area contributed by atoms with Gasteiger partial charge in [0.25, 0.3) is 0 Å². The summed E-state index contributed by atoms with van der Waals surface area (Å²) in [5.74, 6) is 0.658. The number of fused-ring (bicyclic) bond motifs is 2. The van der Waals surface area contributed by atoms with Gasteiger partial charge < -0.3 is 14.6 Å². The molecule has 11 heteroatoms. The molecule has 4 aromatic rings. The summed E-state index contributed by atoms with van der Waals surface area (Å²) in [5.41, 5.74) is 3.63. The number of nitrogens with zero attached hydrogens (tertiary/aromatic N) is 4. The lowest BCUT2D eigenvalue weighted by molar-refractivity contribution is -0.116. The Bertz CT molecular complexity index is 1550. The summed E-state index contributed by atoms with van der Waals surface area (Å²) in [6.45, 7) is 6.49. The predicted molar refractivity (Wildman–Crippen MR) is 150 cm³/mol. The van der Waals surface area contributed by atoms with Crippen LogP contribution in [0.25, 0.3) is 21.3 Å². The maximum atomic E-state index is 13.2. The number of morpholine rings is 1. The average Bonchev–Trinajstić information content (AvgIpc) is 3.50. The van der Waals surface area contributed by atoms with Crippen LogP contribution in [0.15, 0.2) is 41.3 Å². The molecule has 9 nitrogen and oxygen atoms in total. The molecule has 38 heavy (non-hydrogen) atoms. The highest BCUT2D eigenvalue weighted by atomic mass is 32.2. The van der Waals surface area contributed by atoms with Crippen molar-refractivity contribution in [2.75, 3.05) is 31.6 Å². The predicted octanol–water partition coefficient (Wildman–Crippen LogP) is 4.60. The minimum atomic E-state index is -3.62. The first-order valence-corrected chi connectivity index (χ1v) is 15.4. The van der Waals surface area contributed by atoms with E-state index in [2.05, 4.69) is 40.8 Å². The molecule has 2 aromatic heterocycles. The lowest BCUT2D eigenvalue weighted by Gasteiger charge is -2.26. The Balaban J connectivity index is 1.34. The van der Waals surface area contributed by atoms with Crippen LogP contribution < -0.4 is 5.32 Å². The van der Waals surface area contributed by atoms with Crippen LogP contribution in [0.4, 0.5) is 5.13 Å². The Morgan fingerprint density at radius 1 is 1.08 bits per heavy atom. The highest BCUT2D eigenvalue weighted by Crippen LogP contribution is 2.28. The van der Waals surface area contributed by atoms with Gasteiger partial charge in [-0.3, -0.25) is 4.79 Å². The summed E-state index contributed by atoms with van der Waals surface area (Å²) < 4.78 is 36.3. The second-order valence-corrected chi connectivity index (χ2v) is 12.4. The van der Waals surface area contributed by atoms with Gasteiger partial charge in [-0.15, -0.1) is 0 Å². The van der Waals surface area contributed by atoms with Crippen molar-refractivity contribution < 1.29 is 17.9 Å². The summed E-state index contributed by atoms with van der Waals surface area (Å²) in [5, 5.41) is 3.53. The number of hydrogen-bond acceptors (Lipinski definition) is 7. The molecule has 1 amide bonds. The summed E-state index contributed by atoms with van der Waals surface area (Å²) in [6.07, 6.45) is 3.63. The smallest absolute Gasteiger partial charge is 0.243 e. The zero-order valence-corrected chi connectivity index (χ0v) is 23.4. The van der Waals surface area contributed by atoms with Crippen LogP contribution in [-0.2, 0) is 38.9 Å². The van der Waals surface area contributed by atoms with Crippen LogP contribution in [0.1, 0.15) is 44.5 Å². The second-order valence-electron chi connectivity index (χ2n) is 9.42. The van der Waals surface area contributed by atoms with Gasteiger partial charge in [-0.1, -0.05) is 37.7 Å². The number of carbonyl (C=O) groups excluding carboxylic acids is 1. The van der Waals surface area contributed by atoms with Crippen molar-refractivity contribution in [1.29, 1.82) is 0 Å². The van der Waals surface area contributed by atoms with E-state index in [-0.39, 0.29) is 17.2 Å². The Kier molecular flexibility index (Phi) is 8.08. The monoisotopic (exact) mass is 555 g/mol. The third-order valence-corrected chi connectivity index (χ3v) is 9.65. The molecular formula is C27H33N5O4S2. The molecule has 1 saturated heterocycles. The molecule has 2 aromatic carbocycles. The van der Waals surface area contributed by atoms with Crippen molar-refractivity contribution in [2.45, 2.75) is 57.4 Å². The number of aryl methyl sites for hydroxylation is 3. The van der Waals surface area contributed by atoms with E-state index in [1.54, 1.807) is 12.1 Å². The van der Waals surface area contributed by atoms with Crippen molar-refractivity contribution in [1.82, 2.24) is 18.8 Å². The zero-order chi connectivity index (χ0) is 26.7. The first-order valence-electron chi connectivity index (χ1n) is 13.2. The largest absolute Gasteiger partial charge is 0.379 e. The molecule has 0 unspecified atom stereocenters. The number of benzene rings is 2. The summed E-state index contributed by atoms with van der Waals surface area (Å²) >= 11 is 1.48. The standard InChI is InChI=1S/C27H33N5O4S2/c1-3-5-12-32-23-9-7-20(38(34,35)31-13-15-36-16-14-31)18-22(23)28-25(32)10-11-26(33)30-27-29-21-8-6-19(4-2)17-24(21)37-27/h6-9,17-18H,3-5,10-16H2,1-2H3,(H,29,30,33). The molecule has 0 radical (unpaired) electrons. The molecule has 1 fully saturated rings. The molecule has 0 atom stereocenters. The molecule has 202 valence electrons. The van der Waals surface area contributed by atoms with E-state index < -0.39 is 10.0 Å². The number of ether oxygens (including phenoxy) is 1. The fourth-order valence-electron chi connectivity index (χ4n) is 4.66. The molecule has 0 spiro atoms. The Morgan fingerprint density at radius 2 is 1.89 bits per heavy atom. The first kappa shape index (κ1) is 26.7. The topological polar surface area (TPSA) is 106 Å². The van der Waals surface area contributed by atoms with Crippen LogP contribution in [0.5, 0.6) is 0 Å². The number of thiazole rings is 1. The Morgan fingerprint density at radius 3 is 2.66 bits per heavy atom. The lowest BCUT2D eigenvalue weighted by atomic mass is 10.2. The van der Waals surface area contributed by atoms with Crippen molar-refractivity contribution >= 4 is 53.6 Å². The van der Waals surface area contributed by atoms with Crippen LogP contribution in [-0.4, -0.2) is 59.5 Å². The van der Waals surface area contributed by atoms with Crippen molar-refractivity contribution in [2.24, 2.45) is 0 Å². The van der Waals surface area contributed by atoms with Gasteiger partial charge in [0, 0.05) is 32.5 Å². The second kappa shape index (κ2) is 11.5. The number of hydrogen-bond donors (Lipinski definition) is 1. The van der Waals surface area contributed by atoms with Gasteiger partial charge >= 0.3 is 0 Å². The minimum absolute atomic E-state index is 0.121. The quantitative estimate of drug-likeness (QED) is 0.307. The average molecular weight is 556 g/mol. The fourth-order valence-corrected chi connectivity index (χ4v) is 7.04. The van der Waals surface area contributed by atoms with Crippen molar-refractivity contribution in [3.8, 4) is 0 Å². The molecule has 0 aliphatic carbocycles. The molecule has 1 aliphatic heterocycles. The van der Waals surface area contributed by atoms with E-state index in [4.69, 9.17) is 9.72 Å². The van der Waals surface area contributed by atoms with E-state index in [9.17, 15) is 13.2 Å². The van der Waals surface area contributed by atoms with Gasteiger partial charge in [0.1, 0.15) is 5.82 Å². The number of sulfonamides is 1. The van der Waals surface area contributed by atoms with Gasteiger partial charge in [-0.2, -0.15) is 4.31 Å². The van der Waals surface area contributed by atoms with E-state index in [0.29, 0.717) is 43.4 Å². The third kappa shape index (κ3) is 5.61. The first-order chi connectivity index (χ1) is 18.4. The SMILES string of the molecule is CCCCn1c(CCC(=O)Nc2nc3ccc(CC)cc3s2)nc2cc(S(=O)(=O)N3CCOCC3)ccc21. The number of carbonyl (C=O) groups is 1. The Hall–Kier alpha value is -2.86.